The molecule has 0 bridgehead atoms. The van der Waals surface area contributed by atoms with Crippen molar-refractivity contribution in [2.24, 2.45) is 0 Å². The Morgan fingerprint density at radius 2 is 2.21 bits per heavy atom. The molecular formula is C9H12Br2N2S. The molecule has 0 aliphatic carbocycles. The van der Waals surface area contributed by atoms with Gasteiger partial charge in [-0.15, -0.1) is 0 Å². The molecule has 0 N–H and O–H groups in total. The molecule has 2 nitrogen and oxygen atoms in total. The highest BCUT2D eigenvalue weighted by molar-refractivity contribution is 9.11. The van der Waals surface area contributed by atoms with E-state index in [0.717, 1.165) is 27.1 Å². The molecule has 0 atom stereocenters. The fourth-order valence-electron chi connectivity index (χ4n) is 1.02. The first-order chi connectivity index (χ1) is 6.65. The normalized spacial score (nSPS) is 10.3. The maximum atomic E-state index is 4.35. The van der Waals surface area contributed by atoms with Gasteiger partial charge in [0.1, 0.15) is 5.82 Å². The van der Waals surface area contributed by atoms with E-state index < -0.39 is 0 Å². The van der Waals surface area contributed by atoms with E-state index in [1.165, 1.54) is 0 Å². The van der Waals surface area contributed by atoms with Gasteiger partial charge in [-0.3, -0.25) is 0 Å². The largest absolute Gasteiger partial charge is 0.358 e. The molecule has 1 aromatic rings. The molecule has 78 valence electrons. The molecule has 0 aliphatic heterocycles. The van der Waals surface area contributed by atoms with Crippen molar-refractivity contribution in [3.63, 3.8) is 0 Å². The van der Waals surface area contributed by atoms with Crippen LogP contribution in [0.15, 0.2) is 21.2 Å². The van der Waals surface area contributed by atoms with Crippen LogP contribution in [-0.2, 0) is 0 Å². The Balaban J connectivity index is 2.74. The third kappa shape index (κ3) is 3.44. The molecule has 14 heavy (non-hydrogen) atoms. The zero-order valence-corrected chi connectivity index (χ0v) is 12.1. The number of pyridine rings is 1. The molecule has 0 fully saturated rings. The molecular weight excluding hydrogens is 328 g/mol. The standard InChI is InChI=1S/C9H12Br2N2S/c1-13(3-4-14-2)9-8(11)5-7(10)6-12-9/h5-6H,3-4H2,1-2H3. The maximum absolute atomic E-state index is 4.35. The van der Waals surface area contributed by atoms with Gasteiger partial charge in [0.2, 0.25) is 0 Å². The van der Waals surface area contributed by atoms with E-state index in [4.69, 9.17) is 0 Å². The monoisotopic (exact) mass is 338 g/mol. The summed E-state index contributed by atoms with van der Waals surface area (Å²) in [7, 11) is 2.05. The second-order valence-electron chi connectivity index (χ2n) is 2.87. The zero-order valence-electron chi connectivity index (χ0n) is 8.13. The number of halogens is 2. The second kappa shape index (κ2) is 5.98. The highest BCUT2D eigenvalue weighted by Crippen LogP contribution is 2.25. The summed E-state index contributed by atoms with van der Waals surface area (Å²) in [6.07, 6.45) is 3.92. The van der Waals surface area contributed by atoms with Crippen LogP contribution in [0.2, 0.25) is 0 Å². The van der Waals surface area contributed by atoms with Gasteiger partial charge in [-0.1, -0.05) is 0 Å². The Labute approximate surface area is 106 Å². The minimum atomic E-state index is 0.988. The molecule has 5 heteroatoms. The topological polar surface area (TPSA) is 16.1 Å². The Morgan fingerprint density at radius 3 is 2.79 bits per heavy atom. The van der Waals surface area contributed by atoms with Crippen molar-refractivity contribution < 1.29 is 0 Å². The van der Waals surface area contributed by atoms with Gasteiger partial charge in [0.25, 0.3) is 0 Å². The molecule has 0 aromatic carbocycles. The lowest BCUT2D eigenvalue weighted by molar-refractivity contribution is 0.941. The number of rotatable bonds is 4. The Kier molecular flexibility index (Phi) is 5.26. The van der Waals surface area contributed by atoms with Crippen LogP contribution in [0.5, 0.6) is 0 Å². The SMILES string of the molecule is CSCCN(C)c1ncc(Br)cc1Br. The van der Waals surface area contributed by atoms with Crippen LogP contribution in [0, 0.1) is 0 Å². The summed E-state index contributed by atoms with van der Waals surface area (Å²) in [6.45, 7) is 1.01. The fraction of sp³-hybridized carbons (Fsp3) is 0.444. The molecule has 1 heterocycles. The second-order valence-corrected chi connectivity index (χ2v) is 5.63. The van der Waals surface area contributed by atoms with Gasteiger partial charge in [-0.25, -0.2) is 4.98 Å². The van der Waals surface area contributed by atoms with Crippen molar-refractivity contribution in [1.29, 1.82) is 0 Å². The van der Waals surface area contributed by atoms with Crippen LogP contribution in [0.1, 0.15) is 0 Å². The van der Waals surface area contributed by atoms with E-state index >= 15 is 0 Å². The van der Waals surface area contributed by atoms with Gasteiger partial charge in [-0.05, 0) is 44.2 Å². The molecule has 0 radical (unpaired) electrons. The first-order valence-electron chi connectivity index (χ1n) is 4.16. The zero-order chi connectivity index (χ0) is 10.6. The third-order valence-electron chi connectivity index (χ3n) is 1.78. The Morgan fingerprint density at radius 1 is 1.50 bits per heavy atom. The van der Waals surface area contributed by atoms with E-state index in [1.54, 1.807) is 0 Å². The molecule has 0 saturated heterocycles. The minimum Gasteiger partial charge on any atom is -0.358 e. The molecule has 0 unspecified atom stereocenters. The summed E-state index contributed by atoms with van der Waals surface area (Å²) in [5.74, 6) is 2.10. The lowest BCUT2D eigenvalue weighted by atomic mass is 10.4. The quantitative estimate of drug-likeness (QED) is 0.836. The van der Waals surface area contributed by atoms with Crippen LogP contribution >= 0.6 is 43.6 Å². The van der Waals surface area contributed by atoms with Crippen LogP contribution < -0.4 is 4.90 Å². The summed E-state index contributed by atoms with van der Waals surface area (Å²) in [5, 5.41) is 0. The van der Waals surface area contributed by atoms with E-state index in [2.05, 4.69) is 55.0 Å². The fourth-order valence-corrected chi connectivity index (χ4v) is 2.77. The van der Waals surface area contributed by atoms with Crippen LogP contribution in [-0.4, -0.2) is 30.6 Å². The molecule has 0 spiro atoms. The number of anilines is 1. The highest BCUT2D eigenvalue weighted by Gasteiger charge is 2.06. The van der Waals surface area contributed by atoms with Gasteiger partial charge in [0, 0.05) is 30.0 Å². The minimum absolute atomic E-state index is 0.988. The van der Waals surface area contributed by atoms with Crippen LogP contribution in [0.25, 0.3) is 0 Å². The van der Waals surface area contributed by atoms with E-state index in [9.17, 15) is 0 Å². The van der Waals surface area contributed by atoms with Gasteiger partial charge < -0.3 is 4.90 Å². The first-order valence-corrected chi connectivity index (χ1v) is 7.14. The average molecular weight is 340 g/mol. The third-order valence-corrected chi connectivity index (χ3v) is 3.39. The van der Waals surface area contributed by atoms with Crippen molar-refractivity contribution in [2.75, 3.05) is 30.5 Å². The molecule has 0 aliphatic rings. The van der Waals surface area contributed by atoms with Gasteiger partial charge in [0.05, 0.1) is 4.47 Å². The van der Waals surface area contributed by atoms with Gasteiger partial charge >= 0.3 is 0 Å². The summed E-state index contributed by atoms with van der Waals surface area (Å²) in [6, 6.07) is 2.01. The van der Waals surface area contributed by atoms with Gasteiger partial charge in [-0.2, -0.15) is 11.8 Å². The van der Waals surface area contributed by atoms with Crippen molar-refractivity contribution in [3.05, 3.63) is 21.2 Å². The molecule has 0 saturated carbocycles. The maximum Gasteiger partial charge on any atom is 0.142 e. The summed E-state index contributed by atoms with van der Waals surface area (Å²) >= 11 is 8.72. The van der Waals surface area contributed by atoms with Crippen molar-refractivity contribution in [2.45, 2.75) is 0 Å². The van der Waals surface area contributed by atoms with Crippen LogP contribution in [0.3, 0.4) is 0 Å². The average Bonchev–Trinajstić information content (AvgIpc) is 2.14. The van der Waals surface area contributed by atoms with Crippen molar-refractivity contribution in [1.82, 2.24) is 4.98 Å². The van der Waals surface area contributed by atoms with E-state index in [1.807, 2.05) is 24.0 Å². The van der Waals surface area contributed by atoms with Crippen LogP contribution in [0.4, 0.5) is 5.82 Å². The van der Waals surface area contributed by atoms with E-state index in [0.29, 0.717) is 0 Å². The highest BCUT2D eigenvalue weighted by atomic mass is 79.9. The number of aromatic nitrogens is 1. The Bertz CT molecular complexity index is 307. The number of hydrogen-bond acceptors (Lipinski definition) is 3. The van der Waals surface area contributed by atoms with Crippen molar-refractivity contribution in [3.8, 4) is 0 Å². The number of hydrogen-bond donors (Lipinski definition) is 0. The molecule has 1 aromatic heterocycles. The molecule has 1 rings (SSSR count). The summed E-state index contributed by atoms with van der Waals surface area (Å²) in [4.78, 5) is 6.50. The summed E-state index contributed by atoms with van der Waals surface area (Å²) < 4.78 is 2.02. The first kappa shape index (κ1) is 12.3. The molecule has 0 amide bonds. The summed E-state index contributed by atoms with van der Waals surface area (Å²) in [5.41, 5.74) is 0. The van der Waals surface area contributed by atoms with Gasteiger partial charge in [0.15, 0.2) is 0 Å². The predicted molar refractivity (Wildman–Crippen MR) is 71.3 cm³/mol. The number of thioether (sulfide) groups is 1. The van der Waals surface area contributed by atoms with Crippen molar-refractivity contribution >= 4 is 49.4 Å². The van der Waals surface area contributed by atoms with E-state index in [-0.39, 0.29) is 0 Å². The smallest absolute Gasteiger partial charge is 0.142 e. The lowest BCUT2D eigenvalue weighted by Crippen LogP contribution is -2.21. The number of nitrogens with zero attached hydrogens (tertiary/aromatic N) is 2. The lowest BCUT2D eigenvalue weighted by Gasteiger charge is -2.18. The predicted octanol–water partition coefficient (Wildman–Crippen LogP) is 3.41. The Hall–Kier alpha value is 0.260.